The smallest absolute Gasteiger partial charge is 0.252 e. The standard InChI is InChI=1S/C16H23N3O5S/c1-3-10-24-15-5-4-13(11-14(15)16(17)21)25(22,23)19-8-6-18(7-9-19)12(2)20/h4-5,11H,3,6-10H2,1-2H3,(H2,17,21). The number of piperazine rings is 1. The van der Waals surface area contributed by atoms with Crippen molar-refractivity contribution in [3.8, 4) is 5.75 Å². The minimum Gasteiger partial charge on any atom is -0.493 e. The Balaban J connectivity index is 2.26. The van der Waals surface area contributed by atoms with Crippen LogP contribution in [0.1, 0.15) is 30.6 Å². The van der Waals surface area contributed by atoms with Gasteiger partial charge in [-0.15, -0.1) is 0 Å². The first-order valence-corrected chi connectivity index (χ1v) is 9.53. The van der Waals surface area contributed by atoms with Crippen molar-refractivity contribution in [1.82, 2.24) is 9.21 Å². The second-order valence-electron chi connectivity index (χ2n) is 5.78. The van der Waals surface area contributed by atoms with E-state index in [4.69, 9.17) is 10.5 Å². The van der Waals surface area contributed by atoms with E-state index in [0.717, 1.165) is 6.42 Å². The van der Waals surface area contributed by atoms with E-state index in [1.165, 1.54) is 29.4 Å². The number of sulfonamides is 1. The first kappa shape index (κ1) is 19.2. The highest BCUT2D eigenvalue weighted by Gasteiger charge is 2.30. The first-order chi connectivity index (χ1) is 11.8. The van der Waals surface area contributed by atoms with Crippen molar-refractivity contribution in [3.05, 3.63) is 23.8 Å². The summed E-state index contributed by atoms with van der Waals surface area (Å²) in [7, 11) is -3.77. The fraction of sp³-hybridized carbons (Fsp3) is 0.500. The normalized spacial score (nSPS) is 15.8. The molecule has 25 heavy (non-hydrogen) atoms. The number of nitrogens with two attached hydrogens (primary N) is 1. The van der Waals surface area contributed by atoms with Crippen molar-refractivity contribution in [3.63, 3.8) is 0 Å². The molecule has 138 valence electrons. The van der Waals surface area contributed by atoms with Gasteiger partial charge in [-0.05, 0) is 24.6 Å². The Labute approximate surface area is 147 Å². The van der Waals surface area contributed by atoms with Gasteiger partial charge in [-0.25, -0.2) is 8.42 Å². The molecule has 2 amide bonds. The summed E-state index contributed by atoms with van der Waals surface area (Å²) in [6.07, 6.45) is 0.749. The Hall–Kier alpha value is -2.13. The van der Waals surface area contributed by atoms with Crippen LogP contribution in [-0.2, 0) is 14.8 Å². The molecule has 0 aliphatic carbocycles. The van der Waals surface area contributed by atoms with Gasteiger partial charge in [0.05, 0.1) is 17.1 Å². The van der Waals surface area contributed by atoms with Crippen molar-refractivity contribution in [2.75, 3.05) is 32.8 Å². The lowest BCUT2D eigenvalue weighted by Gasteiger charge is -2.33. The number of carbonyl (C=O) groups is 2. The highest BCUT2D eigenvalue weighted by Crippen LogP contribution is 2.25. The maximum atomic E-state index is 12.8. The summed E-state index contributed by atoms with van der Waals surface area (Å²) < 4.78 is 32.3. The number of ether oxygens (including phenoxy) is 1. The Bertz CT molecular complexity index is 755. The van der Waals surface area contributed by atoms with Crippen LogP contribution < -0.4 is 10.5 Å². The summed E-state index contributed by atoms with van der Waals surface area (Å²) in [5.41, 5.74) is 5.40. The number of rotatable bonds is 6. The van der Waals surface area contributed by atoms with Crippen LogP contribution in [0.4, 0.5) is 0 Å². The topological polar surface area (TPSA) is 110 Å². The number of amides is 2. The minimum absolute atomic E-state index is 0.0126. The quantitative estimate of drug-likeness (QED) is 0.782. The van der Waals surface area contributed by atoms with E-state index >= 15 is 0 Å². The van der Waals surface area contributed by atoms with Gasteiger partial charge in [0.2, 0.25) is 15.9 Å². The average molecular weight is 369 g/mol. The van der Waals surface area contributed by atoms with Gasteiger partial charge in [-0.3, -0.25) is 9.59 Å². The maximum Gasteiger partial charge on any atom is 0.252 e. The number of hydrogen-bond donors (Lipinski definition) is 1. The number of benzene rings is 1. The molecule has 0 atom stereocenters. The molecular weight excluding hydrogens is 346 g/mol. The molecule has 1 saturated heterocycles. The van der Waals surface area contributed by atoms with Crippen LogP contribution in [0.25, 0.3) is 0 Å². The second kappa shape index (κ2) is 7.83. The predicted molar refractivity (Wildman–Crippen MR) is 91.8 cm³/mol. The van der Waals surface area contributed by atoms with Gasteiger partial charge in [-0.1, -0.05) is 6.92 Å². The Morgan fingerprint density at radius 1 is 1.20 bits per heavy atom. The molecule has 1 aromatic rings. The summed E-state index contributed by atoms with van der Waals surface area (Å²) in [5.74, 6) is -0.551. The Morgan fingerprint density at radius 2 is 1.84 bits per heavy atom. The fourth-order valence-corrected chi connectivity index (χ4v) is 4.04. The molecule has 1 aromatic carbocycles. The van der Waals surface area contributed by atoms with Gasteiger partial charge in [0.15, 0.2) is 0 Å². The van der Waals surface area contributed by atoms with E-state index in [0.29, 0.717) is 19.7 Å². The predicted octanol–water partition coefficient (Wildman–Crippen LogP) is 0.427. The molecule has 0 saturated carbocycles. The van der Waals surface area contributed by atoms with E-state index in [-0.39, 0.29) is 35.2 Å². The van der Waals surface area contributed by atoms with Crippen molar-refractivity contribution >= 4 is 21.8 Å². The van der Waals surface area contributed by atoms with Crippen LogP contribution in [-0.4, -0.2) is 62.2 Å². The van der Waals surface area contributed by atoms with Gasteiger partial charge in [0, 0.05) is 33.1 Å². The molecular formula is C16H23N3O5S. The monoisotopic (exact) mass is 369 g/mol. The van der Waals surface area contributed by atoms with E-state index in [2.05, 4.69) is 0 Å². The summed E-state index contributed by atoms with van der Waals surface area (Å²) in [5, 5.41) is 0. The highest BCUT2D eigenvalue weighted by molar-refractivity contribution is 7.89. The zero-order chi connectivity index (χ0) is 18.6. The summed E-state index contributed by atoms with van der Waals surface area (Å²) in [4.78, 5) is 24.6. The van der Waals surface area contributed by atoms with Crippen LogP contribution >= 0.6 is 0 Å². The lowest BCUT2D eigenvalue weighted by molar-refractivity contribution is -0.129. The Morgan fingerprint density at radius 3 is 2.36 bits per heavy atom. The van der Waals surface area contributed by atoms with E-state index < -0.39 is 15.9 Å². The van der Waals surface area contributed by atoms with E-state index in [9.17, 15) is 18.0 Å². The minimum atomic E-state index is -3.77. The summed E-state index contributed by atoms with van der Waals surface area (Å²) >= 11 is 0. The van der Waals surface area contributed by atoms with Crippen LogP contribution in [0.3, 0.4) is 0 Å². The zero-order valence-electron chi connectivity index (χ0n) is 14.4. The first-order valence-electron chi connectivity index (χ1n) is 8.09. The third-order valence-electron chi connectivity index (χ3n) is 4.00. The van der Waals surface area contributed by atoms with Gasteiger partial charge in [0.1, 0.15) is 5.75 Å². The molecule has 9 heteroatoms. The lowest BCUT2D eigenvalue weighted by atomic mass is 10.2. The number of nitrogens with zero attached hydrogens (tertiary/aromatic N) is 2. The number of hydrogen-bond acceptors (Lipinski definition) is 5. The molecule has 1 fully saturated rings. The summed E-state index contributed by atoms with van der Waals surface area (Å²) in [6.45, 7) is 4.88. The molecule has 0 bridgehead atoms. The zero-order valence-corrected chi connectivity index (χ0v) is 15.2. The highest BCUT2D eigenvalue weighted by atomic mass is 32.2. The SMILES string of the molecule is CCCOc1ccc(S(=O)(=O)N2CCN(C(C)=O)CC2)cc1C(N)=O. The Kier molecular flexibility index (Phi) is 6.02. The maximum absolute atomic E-state index is 12.8. The molecule has 2 rings (SSSR count). The van der Waals surface area contributed by atoms with Crippen molar-refractivity contribution in [2.24, 2.45) is 5.73 Å². The van der Waals surface area contributed by atoms with Crippen LogP contribution in [0.5, 0.6) is 5.75 Å². The second-order valence-corrected chi connectivity index (χ2v) is 7.72. The molecule has 0 radical (unpaired) electrons. The molecule has 1 heterocycles. The van der Waals surface area contributed by atoms with E-state index in [1.807, 2.05) is 6.92 Å². The van der Waals surface area contributed by atoms with Gasteiger partial charge < -0.3 is 15.4 Å². The third-order valence-corrected chi connectivity index (χ3v) is 5.89. The third kappa shape index (κ3) is 4.29. The largest absolute Gasteiger partial charge is 0.493 e. The molecule has 2 N–H and O–H groups in total. The van der Waals surface area contributed by atoms with Crippen LogP contribution in [0.2, 0.25) is 0 Å². The summed E-state index contributed by atoms with van der Waals surface area (Å²) in [6, 6.07) is 4.11. The van der Waals surface area contributed by atoms with Crippen molar-refractivity contribution < 1.29 is 22.7 Å². The van der Waals surface area contributed by atoms with Crippen LogP contribution in [0, 0.1) is 0 Å². The molecule has 0 spiro atoms. The molecule has 0 aromatic heterocycles. The molecule has 1 aliphatic rings. The number of carbonyl (C=O) groups excluding carboxylic acids is 2. The molecule has 8 nitrogen and oxygen atoms in total. The fourth-order valence-electron chi connectivity index (χ4n) is 2.59. The van der Waals surface area contributed by atoms with Crippen LogP contribution in [0.15, 0.2) is 23.1 Å². The average Bonchev–Trinajstić information content (AvgIpc) is 2.59. The van der Waals surface area contributed by atoms with E-state index in [1.54, 1.807) is 4.90 Å². The molecule has 0 unspecified atom stereocenters. The van der Waals surface area contributed by atoms with Gasteiger partial charge in [-0.2, -0.15) is 4.31 Å². The van der Waals surface area contributed by atoms with Crippen molar-refractivity contribution in [2.45, 2.75) is 25.2 Å². The van der Waals surface area contributed by atoms with Gasteiger partial charge >= 0.3 is 0 Å². The van der Waals surface area contributed by atoms with Gasteiger partial charge in [0.25, 0.3) is 5.91 Å². The number of primary amides is 1. The lowest BCUT2D eigenvalue weighted by Crippen LogP contribution is -2.49. The molecule has 1 aliphatic heterocycles. The van der Waals surface area contributed by atoms with Crippen molar-refractivity contribution in [1.29, 1.82) is 0 Å².